The van der Waals surface area contributed by atoms with Crippen molar-refractivity contribution in [1.82, 2.24) is 4.90 Å². The molecule has 2 nitrogen and oxygen atoms in total. The lowest BCUT2D eigenvalue weighted by Gasteiger charge is -2.27. The van der Waals surface area contributed by atoms with E-state index in [1.54, 1.807) is 0 Å². The molecule has 0 aliphatic rings. The molecule has 0 aromatic heterocycles. The Hall–Kier alpha value is -0.0500. The van der Waals surface area contributed by atoms with Crippen molar-refractivity contribution < 1.29 is 4.79 Å². The summed E-state index contributed by atoms with van der Waals surface area (Å²) in [5.41, 5.74) is 0. The van der Waals surface area contributed by atoms with Crippen molar-refractivity contribution in [3.8, 4) is 0 Å². The topological polar surface area (TPSA) is 20.3 Å². The van der Waals surface area contributed by atoms with Crippen LogP contribution in [-0.4, -0.2) is 28.7 Å². The summed E-state index contributed by atoms with van der Waals surface area (Å²) in [6.07, 6.45) is 9.00. The van der Waals surface area contributed by atoms with Crippen molar-refractivity contribution in [2.75, 3.05) is 11.9 Å². The Bertz CT molecular complexity index is 207. The monoisotopic (exact) mass is 319 g/mol. The third-order valence-corrected chi connectivity index (χ3v) is 3.78. The minimum absolute atomic E-state index is 0.340. The van der Waals surface area contributed by atoms with Gasteiger partial charge < -0.3 is 4.90 Å². The standard InChI is InChI=1S/C15H30BrNO/c1-4-5-6-8-11-15(18)17(14(2)3)13-10-7-9-12-16/h14H,4-13H2,1-3H3. The molecule has 3 heteroatoms. The zero-order valence-corrected chi connectivity index (χ0v) is 14.0. The van der Waals surface area contributed by atoms with Crippen LogP contribution >= 0.6 is 15.9 Å². The van der Waals surface area contributed by atoms with Crippen LogP contribution in [0.1, 0.15) is 72.1 Å². The Labute approximate surface area is 122 Å². The first-order chi connectivity index (χ1) is 8.63. The number of hydrogen-bond donors (Lipinski definition) is 0. The highest BCUT2D eigenvalue weighted by Gasteiger charge is 2.15. The summed E-state index contributed by atoms with van der Waals surface area (Å²) in [6, 6.07) is 0.340. The van der Waals surface area contributed by atoms with E-state index < -0.39 is 0 Å². The summed E-state index contributed by atoms with van der Waals surface area (Å²) >= 11 is 3.44. The van der Waals surface area contributed by atoms with Crippen molar-refractivity contribution in [3.05, 3.63) is 0 Å². The maximum absolute atomic E-state index is 12.1. The molecule has 18 heavy (non-hydrogen) atoms. The molecule has 0 heterocycles. The molecule has 108 valence electrons. The number of carbonyl (C=O) groups is 1. The first kappa shape index (κ1) is 17.9. The zero-order valence-electron chi connectivity index (χ0n) is 12.4. The van der Waals surface area contributed by atoms with Crippen LogP contribution in [0, 0.1) is 0 Å². The fourth-order valence-corrected chi connectivity index (χ4v) is 2.47. The molecular weight excluding hydrogens is 290 g/mol. The molecule has 0 bridgehead atoms. The highest BCUT2D eigenvalue weighted by atomic mass is 79.9. The van der Waals surface area contributed by atoms with Gasteiger partial charge >= 0.3 is 0 Å². The molecule has 0 aromatic rings. The second kappa shape index (κ2) is 12.0. The van der Waals surface area contributed by atoms with Crippen molar-refractivity contribution in [3.63, 3.8) is 0 Å². The number of hydrogen-bond acceptors (Lipinski definition) is 1. The molecule has 0 spiro atoms. The van der Waals surface area contributed by atoms with Crippen LogP contribution in [0.15, 0.2) is 0 Å². The van der Waals surface area contributed by atoms with E-state index in [4.69, 9.17) is 0 Å². The number of rotatable bonds is 11. The summed E-state index contributed by atoms with van der Waals surface area (Å²) in [4.78, 5) is 14.2. The molecular formula is C15H30BrNO. The smallest absolute Gasteiger partial charge is 0.222 e. The molecule has 0 unspecified atom stereocenters. The Morgan fingerprint density at radius 3 is 2.28 bits per heavy atom. The molecule has 0 radical (unpaired) electrons. The van der Waals surface area contributed by atoms with Crippen molar-refractivity contribution >= 4 is 21.8 Å². The lowest BCUT2D eigenvalue weighted by atomic mass is 10.1. The van der Waals surface area contributed by atoms with Gasteiger partial charge in [0.25, 0.3) is 0 Å². The van der Waals surface area contributed by atoms with E-state index in [0.29, 0.717) is 11.9 Å². The van der Waals surface area contributed by atoms with Crippen LogP contribution in [0.25, 0.3) is 0 Å². The van der Waals surface area contributed by atoms with Gasteiger partial charge in [0, 0.05) is 24.3 Å². The summed E-state index contributed by atoms with van der Waals surface area (Å²) in [6.45, 7) is 7.37. The fourth-order valence-electron chi connectivity index (χ4n) is 2.07. The molecule has 1 amide bonds. The third-order valence-electron chi connectivity index (χ3n) is 3.22. The van der Waals surface area contributed by atoms with Gasteiger partial charge in [-0.2, -0.15) is 0 Å². The Balaban J connectivity index is 3.88. The van der Waals surface area contributed by atoms with Crippen LogP contribution in [0.5, 0.6) is 0 Å². The SMILES string of the molecule is CCCCCCC(=O)N(CCCCCBr)C(C)C. The summed E-state index contributed by atoms with van der Waals surface area (Å²) in [5.74, 6) is 0.347. The van der Waals surface area contributed by atoms with E-state index in [-0.39, 0.29) is 0 Å². The predicted molar refractivity (Wildman–Crippen MR) is 83.3 cm³/mol. The molecule has 0 saturated heterocycles. The van der Waals surface area contributed by atoms with E-state index >= 15 is 0 Å². The average molecular weight is 320 g/mol. The minimum atomic E-state index is 0.340. The van der Waals surface area contributed by atoms with E-state index in [1.807, 2.05) is 0 Å². The van der Waals surface area contributed by atoms with Gasteiger partial charge in [0.2, 0.25) is 5.91 Å². The molecule has 0 saturated carbocycles. The van der Waals surface area contributed by atoms with Crippen LogP contribution in [0.3, 0.4) is 0 Å². The molecule has 0 rings (SSSR count). The van der Waals surface area contributed by atoms with E-state index in [9.17, 15) is 4.79 Å². The second-order valence-electron chi connectivity index (χ2n) is 5.24. The van der Waals surface area contributed by atoms with Gasteiger partial charge in [-0.1, -0.05) is 48.5 Å². The average Bonchev–Trinajstić information content (AvgIpc) is 2.34. The normalized spacial score (nSPS) is 10.9. The number of nitrogens with zero attached hydrogens (tertiary/aromatic N) is 1. The first-order valence-corrected chi connectivity index (χ1v) is 8.61. The molecule has 0 N–H and O–H groups in total. The zero-order chi connectivity index (χ0) is 13.8. The second-order valence-corrected chi connectivity index (χ2v) is 6.03. The van der Waals surface area contributed by atoms with Gasteiger partial charge in [-0.25, -0.2) is 0 Å². The lowest BCUT2D eigenvalue weighted by molar-refractivity contribution is -0.133. The van der Waals surface area contributed by atoms with Crippen LogP contribution in [0.2, 0.25) is 0 Å². The molecule has 0 aliphatic heterocycles. The lowest BCUT2D eigenvalue weighted by Crippen LogP contribution is -2.37. The van der Waals surface area contributed by atoms with Crippen molar-refractivity contribution in [2.24, 2.45) is 0 Å². The maximum Gasteiger partial charge on any atom is 0.222 e. The summed E-state index contributed by atoms with van der Waals surface area (Å²) < 4.78 is 0. The number of amides is 1. The summed E-state index contributed by atoms with van der Waals surface area (Å²) in [5, 5.41) is 1.07. The van der Waals surface area contributed by atoms with E-state index in [2.05, 4.69) is 41.6 Å². The molecule has 0 atom stereocenters. The molecule has 0 aliphatic carbocycles. The highest BCUT2D eigenvalue weighted by Crippen LogP contribution is 2.10. The van der Waals surface area contributed by atoms with Crippen molar-refractivity contribution in [1.29, 1.82) is 0 Å². The molecule has 0 aromatic carbocycles. The van der Waals surface area contributed by atoms with Gasteiger partial charge in [-0.05, 0) is 33.1 Å². The summed E-state index contributed by atoms with van der Waals surface area (Å²) in [7, 11) is 0. The van der Waals surface area contributed by atoms with Gasteiger partial charge in [0.05, 0.1) is 0 Å². The van der Waals surface area contributed by atoms with E-state index in [0.717, 1.165) is 31.1 Å². The van der Waals surface area contributed by atoms with Gasteiger partial charge in [-0.3, -0.25) is 4.79 Å². The first-order valence-electron chi connectivity index (χ1n) is 7.48. The molecule has 0 fully saturated rings. The largest absolute Gasteiger partial charge is 0.340 e. The Morgan fingerprint density at radius 2 is 1.72 bits per heavy atom. The highest BCUT2D eigenvalue weighted by molar-refractivity contribution is 9.09. The number of carbonyl (C=O) groups excluding carboxylic acids is 1. The van der Waals surface area contributed by atoms with Crippen LogP contribution < -0.4 is 0 Å². The van der Waals surface area contributed by atoms with Gasteiger partial charge in [0.1, 0.15) is 0 Å². The minimum Gasteiger partial charge on any atom is -0.340 e. The number of halogens is 1. The fraction of sp³-hybridized carbons (Fsp3) is 0.933. The van der Waals surface area contributed by atoms with Gasteiger partial charge in [-0.15, -0.1) is 0 Å². The number of alkyl halides is 1. The van der Waals surface area contributed by atoms with E-state index in [1.165, 1.54) is 32.1 Å². The Morgan fingerprint density at radius 1 is 1.06 bits per heavy atom. The van der Waals surface area contributed by atoms with Crippen molar-refractivity contribution in [2.45, 2.75) is 78.2 Å². The van der Waals surface area contributed by atoms with Crippen LogP contribution in [-0.2, 0) is 4.79 Å². The Kier molecular flexibility index (Phi) is 12.0. The predicted octanol–water partition coefficient (Wildman–Crippen LogP) is 4.76. The maximum atomic E-state index is 12.1. The van der Waals surface area contributed by atoms with Gasteiger partial charge in [0.15, 0.2) is 0 Å². The third kappa shape index (κ3) is 8.96. The number of unbranched alkanes of at least 4 members (excludes halogenated alkanes) is 5. The van der Waals surface area contributed by atoms with Crippen LogP contribution in [0.4, 0.5) is 0 Å². The quantitative estimate of drug-likeness (QED) is 0.397.